The van der Waals surface area contributed by atoms with Crippen LogP contribution in [0.15, 0.2) is 35.2 Å². The van der Waals surface area contributed by atoms with Crippen LogP contribution in [0.25, 0.3) is 0 Å². The number of hydrogen-bond donors (Lipinski definition) is 1. The minimum absolute atomic E-state index is 0. The Morgan fingerprint density at radius 2 is 1.64 bits per heavy atom. The average Bonchev–Trinajstić information content (AvgIpc) is 1.88. The van der Waals surface area contributed by atoms with Crippen molar-refractivity contribution >= 4 is 47.8 Å². The number of primary sulfonamides is 1. The summed E-state index contributed by atoms with van der Waals surface area (Å²) in [5.74, 6) is 0. The van der Waals surface area contributed by atoms with E-state index in [1.165, 1.54) is 12.1 Å². The van der Waals surface area contributed by atoms with Crippen LogP contribution in [0.2, 0.25) is 0 Å². The molecule has 0 spiro atoms. The molecule has 0 fully saturated rings. The molecule has 0 bridgehead atoms. The van der Waals surface area contributed by atoms with Crippen molar-refractivity contribution in [3.8, 4) is 0 Å². The van der Waals surface area contributed by atoms with Crippen molar-refractivity contribution in [2.45, 2.75) is 4.90 Å². The molecule has 1 rings (SSSR count). The molecule has 0 atom stereocenters. The van der Waals surface area contributed by atoms with Crippen LogP contribution in [0.3, 0.4) is 0 Å². The zero-order valence-corrected chi connectivity index (χ0v) is 8.92. The van der Waals surface area contributed by atoms with E-state index >= 15 is 0 Å². The summed E-state index contributed by atoms with van der Waals surface area (Å²) in [6.07, 6.45) is 0. The van der Waals surface area contributed by atoms with Crippen LogP contribution >= 0.6 is 0 Å². The van der Waals surface area contributed by atoms with Crippen LogP contribution in [-0.2, 0) is 10.0 Å². The van der Waals surface area contributed by atoms with Crippen molar-refractivity contribution in [2.24, 2.45) is 5.14 Å². The van der Waals surface area contributed by atoms with Gasteiger partial charge in [-0.3, -0.25) is 0 Å². The summed E-state index contributed by atoms with van der Waals surface area (Å²) in [7, 11) is -3.50. The van der Waals surface area contributed by atoms with Crippen LogP contribution in [0.1, 0.15) is 2.85 Å². The van der Waals surface area contributed by atoms with Gasteiger partial charge < -0.3 is 2.85 Å². The third-order valence-corrected chi connectivity index (χ3v) is 2.00. The first kappa shape index (κ1) is 11.4. The molecule has 1 aromatic carbocycles. The summed E-state index contributed by atoms with van der Waals surface area (Å²) in [4.78, 5) is 0.148. The van der Waals surface area contributed by atoms with Gasteiger partial charge in [0.05, 0.1) is 4.90 Å². The summed E-state index contributed by atoms with van der Waals surface area (Å²) in [6, 6.07) is 7.89. The van der Waals surface area contributed by atoms with Crippen molar-refractivity contribution in [3.63, 3.8) is 0 Å². The molecule has 5 heteroatoms. The fourth-order valence-electron chi connectivity index (χ4n) is 0.610. The standard InChI is InChI=1S/C6H7NO2S.Ca.2H/c7-10(8,9)6-4-2-1-3-5-6;;;/h1-5H,(H2,7,8,9);;;/q;+2;2*-1. The molecule has 3 nitrogen and oxygen atoms in total. The molecular formula is C6H9CaNO2S. The second kappa shape index (κ2) is 4.42. The van der Waals surface area contributed by atoms with E-state index in [9.17, 15) is 8.42 Å². The Balaban J connectivity index is -0.000000333. The van der Waals surface area contributed by atoms with Crippen molar-refractivity contribution in [2.75, 3.05) is 0 Å². The van der Waals surface area contributed by atoms with E-state index in [-0.39, 0.29) is 45.5 Å². The maximum absolute atomic E-state index is 10.6. The van der Waals surface area contributed by atoms with Crippen LogP contribution < -0.4 is 5.14 Å². The average molecular weight is 199 g/mol. The van der Waals surface area contributed by atoms with Crippen molar-refractivity contribution in [3.05, 3.63) is 30.3 Å². The third kappa shape index (κ3) is 3.53. The Hall–Kier alpha value is 0.390. The number of benzene rings is 1. The Labute approximate surface area is 98.6 Å². The monoisotopic (exact) mass is 199 g/mol. The summed E-state index contributed by atoms with van der Waals surface area (Å²) in [6.45, 7) is 0. The molecule has 0 aliphatic carbocycles. The molecule has 58 valence electrons. The summed E-state index contributed by atoms with van der Waals surface area (Å²) in [5.41, 5.74) is 0. The van der Waals surface area contributed by atoms with Crippen LogP contribution in [0.4, 0.5) is 0 Å². The molecule has 0 heterocycles. The van der Waals surface area contributed by atoms with Gasteiger partial charge in [0.1, 0.15) is 0 Å². The van der Waals surface area contributed by atoms with E-state index < -0.39 is 10.0 Å². The number of sulfonamides is 1. The Morgan fingerprint density at radius 1 is 1.18 bits per heavy atom. The fraction of sp³-hybridized carbons (Fsp3) is 0. The molecule has 0 radical (unpaired) electrons. The molecule has 0 saturated carbocycles. The number of hydrogen-bond acceptors (Lipinski definition) is 2. The van der Waals surface area contributed by atoms with Gasteiger partial charge in [0.15, 0.2) is 0 Å². The topological polar surface area (TPSA) is 60.2 Å². The van der Waals surface area contributed by atoms with Crippen molar-refractivity contribution < 1.29 is 11.3 Å². The first-order valence-electron chi connectivity index (χ1n) is 2.68. The Bertz CT molecular complexity index is 317. The van der Waals surface area contributed by atoms with E-state index in [1.54, 1.807) is 18.2 Å². The summed E-state index contributed by atoms with van der Waals surface area (Å²) >= 11 is 0. The zero-order valence-electron chi connectivity index (χ0n) is 7.90. The molecule has 2 N–H and O–H groups in total. The molecule has 0 aromatic heterocycles. The Kier molecular flexibility index (Phi) is 4.58. The third-order valence-electron chi connectivity index (χ3n) is 1.07. The van der Waals surface area contributed by atoms with E-state index in [0.717, 1.165) is 0 Å². The maximum atomic E-state index is 10.6. The normalized spacial score (nSPS) is 10.3. The molecule has 0 saturated heterocycles. The van der Waals surface area contributed by atoms with Crippen LogP contribution in [-0.4, -0.2) is 46.2 Å². The first-order chi connectivity index (χ1) is 4.61. The van der Waals surface area contributed by atoms with E-state index in [0.29, 0.717) is 0 Å². The van der Waals surface area contributed by atoms with Gasteiger partial charge in [0, 0.05) is 0 Å². The van der Waals surface area contributed by atoms with Crippen molar-refractivity contribution in [1.82, 2.24) is 0 Å². The predicted octanol–water partition coefficient (Wildman–Crippen LogP) is 0.178. The molecule has 0 aliphatic heterocycles. The van der Waals surface area contributed by atoms with E-state index in [4.69, 9.17) is 5.14 Å². The van der Waals surface area contributed by atoms with E-state index in [1.807, 2.05) is 0 Å². The molecular weight excluding hydrogens is 190 g/mol. The molecule has 11 heavy (non-hydrogen) atoms. The maximum Gasteiger partial charge on any atom is 2.00 e. The van der Waals surface area contributed by atoms with Crippen molar-refractivity contribution in [1.29, 1.82) is 0 Å². The quantitative estimate of drug-likeness (QED) is 0.656. The SMILES string of the molecule is NS(=O)(=O)c1ccccc1.[Ca+2].[H-].[H-]. The van der Waals surface area contributed by atoms with Gasteiger partial charge >= 0.3 is 37.7 Å². The molecule has 1 aromatic rings. The van der Waals surface area contributed by atoms with Gasteiger partial charge in [-0.1, -0.05) is 18.2 Å². The largest absolute Gasteiger partial charge is 2.00 e. The van der Waals surface area contributed by atoms with Gasteiger partial charge in [0.2, 0.25) is 10.0 Å². The van der Waals surface area contributed by atoms with Gasteiger partial charge in [-0.25, -0.2) is 13.6 Å². The molecule has 0 aliphatic rings. The van der Waals surface area contributed by atoms with E-state index in [2.05, 4.69) is 0 Å². The predicted molar refractivity (Wildman–Crippen MR) is 45.8 cm³/mol. The Morgan fingerprint density at radius 3 is 1.91 bits per heavy atom. The fourth-order valence-corrected chi connectivity index (χ4v) is 1.15. The van der Waals surface area contributed by atoms with Crippen LogP contribution in [0, 0.1) is 0 Å². The second-order valence-electron chi connectivity index (χ2n) is 1.86. The number of rotatable bonds is 1. The van der Waals surface area contributed by atoms with Gasteiger partial charge in [-0.15, -0.1) is 0 Å². The minimum Gasteiger partial charge on any atom is -1.00 e. The zero-order chi connectivity index (χ0) is 7.61. The number of nitrogens with two attached hydrogens (primary N) is 1. The minimum atomic E-state index is -3.50. The van der Waals surface area contributed by atoms with Crippen LogP contribution in [0.5, 0.6) is 0 Å². The van der Waals surface area contributed by atoms with Gasteiger partial charge in [-0.05, 0) is 12.1 Å². The van der Waals surface area contributed by atoms with Gasteiger partial charge in [0.25, 0.3) is 0 Å². The smallest absolute Gasteiger partial charge is 1.00 e. The molecule has 0 unspecified atom stereocenters. The summed E-state index contributed by atoms with van der Waals surface area (Å²) < 4.78 is 21.2. The second-order valence-corrected chi connectivity index (χ2v) is 3.42. The van der Waals surface area contributed by atoms with Gasteiger partial charge in [-0.2, -0.15) is 0 Å². The summed E-state index contributed by atoms with van der Waals surface area (Å²) in [5, 5.41) is 4.83. The molecule has 0 amide bonds. The first-order valence-corrected chi connectivity index (χ1v) is 4.23.